The van der Waals surface area contributed by atoms with E-state index in [4.69, 9.17) is 16.3 Å². The van der Waals surface area contributed by atoms with Crippen LogP contribution in [0.2, 0.25) is 5.02 Å². The van der Waals surface area contributed by atoms with Crippen LogP contribution in [0.1, 0.15) is 32.1 Å². The Morgan fingerprint density at radius 3 is 2.50 bits per heavy atom. The summed E-state index contributed by atoms with van der Waals surface area (Å²) in [5, 5.41) is 9.90. The maximum Gasteiger partial charge on any atom is 0.119 e. The second-order valence-electron chi connectivity index (χ2n) is 5.35. The summed E-state index contributed by atoms with van der Waals surface area (Å²) in [6, 6.07) is 8.13. The Bertz CT molecular complexity index is 377. The number of halogens is 1. The Labute approximate surface area is 126 Å². The number of nitrogens with zero attached hydrogens (tertiary/aromatic N) is 1. The summed E-state index contributed by atoms with van der Waals surface area (Å²) in [6.07, 6.45) is 6.19. The van der Waals surface area contributed by atoms with E-state index in [1.54, 1.807) is 0 Å². The van der Waals surface area contributed by atoms with Crippen LogP contribution in [-0.4, -0.2) is 42.4 Å². The molecule has 4 heteroatoms. The third-order valence-electron chi connectivity index (χ3n) is 3.90. The zero-order valence-electron chi connectivity index (χ0n) is 11.9. The molecular formula is C16H24ClNO2. The highest BCUT2D eigenvalue weighted by atomic mass is 35.5. The van der Waals surface area contributed by atoms with Crippen molar-refractivity contribution in [2.24, 2.45) is 0 Å². The van der Waals surface area contributed by atoms with Crippen molar-refractivity contribution in [1.29, 1.82) is 0 Å². The first kappa shape index (κ1) is 15.6. The van der Waals surface area contributed by atoms with Gasteiger partial charge in [0.25, 0.3) is 0 Å². The molecule has 1 aromatic carbocycles. The molecule has 0 spiro atoms. The highest BCUT2D eigenvalue weighted by Gasteiger charge is 2.21. The van der Waals surface area contributed by atoms with Gasteiger partial charge in [-0.25, -0.2) is 0 Å². The SMILES string of the molecule is OCCN(CCCOc1ccc(Cl)cc1)C1CCCC1. The molecule has 0 aromatic heterocycles. The smallest absolute Gasteiger partial charge is 0.119 e. The van der Waals surface area contributed by atoms with E-state index < -0.39 is 0 Å². The molecule has 1 aliphatic rings. The first-order valence-corrected chi connectivity index (χ1v) is 7.90. The minimum Gasteiger partial charge on any atom is -0.494 e. The molecule has 1 saturated carbocycles. The number of aliphatic hydroxyl groups excluding tert-OH is 1. The van der Waals surface area contributed by atoms with Crippen molar-refractivity contribution in [3.05, 3.63) is 29.3 Å². The van der Waals surface area contributed by atoms with E-state index in [2.05, 4.69) is 4.90 Å². The molecule has 0 amide bonds. The molecule has 1 N–H and O–H groups in total. The second kappa shape index (κ2) is 8.50. The average Bonchev–Trinajstić information content (AvgIpc) is 2.98. The molecule has 20 heavy (non-hydrogen) atoms. The van der Waals surface area contributed by atoms with E-state index in [-0.39, 0.29) is 6.61 Å². The predicted molar refractivity (Wildman–Crippen MR) is 82.5 cm³/mol. The standard InChI is InChI=1S/C16H24ClNO2/c17-14-6-8-16(9-7-14)20-13-3-10-18(11-12-19)15-4-1-2-5-15/h6-9,15,19H,1-5,10-13H2. The van der Waals surface area contributed by atoms with Crippen molar-refractivity contribution in [3.8, 4) is 5.75 Å². The third kappa shape index (κ3) is 4.97. The van der Waals surface area contributed by atoms with Crippen molar-refractivity contribution in [2.45, 2.75) is 38.1 Å². The topological polar surface area (TPSA) is 32.7 Å². The fraction of sp³-hybridized carbons (Fsp3) is 0.625. The average molecular weight is 298 g/mol. The van der Waals surface area contributed by atoms with Gasteiger partial charge in [-0.15, -0.1) is 0 Å². The van der Waals surface area contributed by atoms with Gasteiger partial charge in [0, 0.05) is 24.2 Å². The first-order chi connectivity index (χ1) is 9.79. The van der Waals surface area contributed by atoms with E-state index in [9.17, 15) is 5.11 Å². The Hall–Kier alpha value is -0.770. The van der Waals surface area contributed by atoms with E-state index in [1.165, 1.54) is 25.7 Å². The molecule has 0 heterocycles. The van der Waals surface area contributed by atoms with E-state index in [0.717, 1.165) is 30.3 Å². The molecule has 1 fully saturated rings. The summed E-state index contributed by atoms with van der Waals surface area (Å²) < 4.78 is 5.70. The lowest BCUT2D eigenvalue weighted by atomic mass is 10.2. The number of hydrogen-bond donors (Lipinski definition) is 1. The summed E-state index contributed by atoms with van der Waals surface area (Å²) in [4.78, 5) is 2.41. The zero-order chi connectivity index (χ0) is 14.2. The number of hydrogen-bond acceptors (Lipinski definition) is 3. The number of ether oxygens (including phenoxy) is 1. The van der Waals surface area contributed by atoms with Crippen molar-refractivity contribution < 1.29 is 9.84 Å². The van der Waals surface area contributed by atoms with Crippen LogP contribution < -0.4 is 4.74 Å². The fourth-order valence-electron chi connectivity index (χ4n) is 2.86. The Kier molecular flexibility index (Phi) is 6.64. The Morgan fingerprint density at radius 1 is 1.15 bits per heavy atom. The molecule has 0 atom stereocenters. The van der Waals surface area contributed by atoms with Crippen LogP contribution in [-0.2, 0) is 0 Å². The van der Waals surface area contributed by atoms with Gasteiger partial charge in [-0.2, -0.15) is 0 Å². The summed E-state index contributed by atoms with van der Waals surface area (Å²) in [5.74, 6) is 0.865. The zero-order valence-corrected chi connectivity index (χ0v) is 12.7. The minimum absolute atomic E-state index is 0.245. The van der Waals surface area contributed by atoms with Gasteiger partial charge in [0.1, 0.15) is 5.75 Å². The molecule has 0 unspecified atom stereocenters. The molecule has 2 rings (SSSR count). The minimum atomic E-state index is 0.245. The Morgan fingerprint density at radius 2 is 1.85 bits per heavy atom. The van der Waals surface area contributed by atoms with Crippen molar-refractivity contribution in [1.82, 2.24) is 4.90 Å². The maximum absolute atomic E-state index is 9.17. The van der Waals surface area contributed by atoms with E-state index in [0.29, 0.717) is 12.6 Å². The lowest BCUT2D eigenvalue weighted by Crippen LogP contribution is -2.36. The highest BCUT2D eigenvalue weighted by Crippen LogP contribution is 2.23. The molecule has 0 radical (unpaired) electrons. The lowest BCUT2D eigenvalue weighted by molar-refractivity contribution is 0.142. The molecule has 0 saturated heterocycles. The molecule has 112 valence electrons. The summed E-state index contributed by atoms with van der Waals surface area (Å²) in [6.45, 7) is 2.73. The van der Waals surface area contributed by atoms with Gasteiger partial charge in [-0.05, 0) is 43.5 Å². The van der Waals surface area contributed by atoms with Gasteiger partial charge in [0.2, 0.25) is 0 Å². The van der Waals surface area contributed by atoms with Gasteiger partial charge in [0.15, 0.2) is 0 Å². The van der Waals surface area contributed by atoms with Crippen LogP contribution in [0.4, 0.5) is 0 Å². The van der Waals surface area contributed by atoms with Crippen LogP contribution in [0.15, 0.2) is 24.3 Å². The maximum atomic E-state index is 9.17. The fourth-order valence-corrected chi connectivity index (χ4v) is 2.99. The van der Waals surface area contributed by atoms with Gasteiger partial charge in [-0.3, -0.25) is 4.90 Å². The summed E-state index contributed by atoms with van der Waals surface area (Å²) in [7, 11) is 0. The van der Waals surface area contributed by atoms with Crippen LogP contribution in [0.25, 0.3) is 0 Å². The number of rotatable bonds is 8. The normalized spacial score (nSPS) is 15.9. The molecule has 0 bridgehead atoms. The van der Waals surface area contributed by atoms with Crippen molar-refractivity contribution >= 4 is 11.6 Å². The molecule has 0 aliphatic heterocycles. The van der Waals surface area contributed by atoms with Crippen LogP contribution in [0.3, 0.4) is 0 Å². The summed E-state index contributed by atoms with van der Waals surface area (Å²) in [5.41, 5.74) is 0. The molecule has 1 aromatic rings. The predicted octanol–water partition coefficient (Wildman–Crippen LogP) is 3.35. The molecular weight excluding hydrogens is 274 g/mol. The van der Waals surface area contributed by atoms with Gasteiger partial charge >= 0.3 is 0 Å². The number of aliphatic hydroxyl groups is 1. The van der Waals surface area contributed by atoms with Crippen LogP contribution in [0, 0.1) is 0 Å². The molecule has 1 aliphatic carbocycles. The second-order valence-corrected chi connectivity index (χ2v) is 5.79. The van der Waals surface area contributed by atoms with Gasteiger partial charge < -0.3 is 9.84 Å². The molecule has 3 nitrogen and oxygen atoms in total. The van der Waals surface area contributed by atoms with Crippen molar-refractivity contribution in [3.63, 3.8) is 0 Å². The Balaban J connectivity index is 1.68. The van der Waals surface area contributed by atoms with E-state index in [1.807, 2.05) is 24.3 Å². The first-order valence-electron chi connectivity index (χ1n) is 7.53. The third-order valence-corrected chi connectivity index (χ3v) is 4.15. The number of benzene rings is 1. The van der Waals surface area contributed by atoms with Crippen molar-refractivity contribution in [2.75, 3.05) is 26.3 Å². The quantitative estimate of drug-likeness (QED) is 0.747. The van der Waals surface area contributed by atoms with Crippen LogP contribution in [0.5, 0.6) is 5.75 Å². The summed E-state index contributed by atoms with van der Waals surface area (Å²) >= 11 is 5.84. The highest BCUT2D eigenvalue weighted by molar-refractivity contribution is 6.30. The lowest BCUT2D eigenvalue weighted by Gasteiger charge is -2.27. The largest absolute Gasteiger partial charge is 0.494 e. The van der Waals surface area contributed by atoms with Crippen LogP contribution >= 0.6 is 11.6 Å². The van der Waals surface area contributed by atoms with Gasteiger partial charge in [-0.1, -0.05) is 24.4 Å². The van der Waals surface area contributed by atoms with Gasteiger partial charge in [0.05, 0.1) is 13.2 Å². The van der Waals surface area contributed by atoms with E-state index >= 15 is 0 Å². The monoisotopic (exact) mass is 297 g/mol.